The van der Waals surface area contributed by atoms with Crippen LogP contribution in [-0.2, 0) is 0 Å². The minimum Gasteiger partial charge on any atom is -0.506 e. The van der Waals surface area contributed by atoms with E-state index in [0.717, 1.165) is 10.6 Å². The monoisotopic (exact) mass is 393 g/mol. The highest BCUT2D eigenvalue weighted by Crippen LogP contribution is 2.37. The number of aliphatic imine (C=N–C) groups is 2. The van der Waals surface area contributed by atoms with Crippen LogP contribution in [0.4, 0.5) is 16.2 Å². The van der Waals surface area contributed by atoms with Crippen molar-refractivity contribution in [3.63, 3.8) is 0 Å². The van der Waals surface area contributed by atoms with Gasteiger partial charge in [-0.05, 0) is 38.1 Å². The zero-order chi connectivity index (χ0) is 21.0. The van der Waals surface area contributed by atoms with Gasteiger partial charge in [0.25, 0.3) is 0 Å². The van der Waals surface area contributed by atoms with E-state index in [0.29, 0.717) is 11.4 Å². The van der Waals surface area contributed by atoms with E-state index in [-0.39, 0.29) is 29.6 Å². The molecule has 8 nitrogen and oxygen atoms in total. The van der Waals surface area contributed by atoms with Crippen LogP contribution < -0.4 is 15.5 Å². The van der Waals surface area contributed by atoms with Crippen LogP contribution in [0.3, 0.4) is 0 Å². The van der Waals surface area contributed by atoms with Crippen LogP contribution in [0.15, 0.2) is 64.2 Å². The Morgan fingerprint density at radius 1 is 1.17 bits per heavy atom. The van der Waals surface area contributed by atoms with Gasteiger partial charge in [-0.2, -0.15) is 0 Å². The molecule has 1 saturated heterocycles. The van der Waals surface area contributed by atoms with E-state index in [2.05, 4.69) is 20.6 Å². The number of urea groups is 1. The fourth-order valence-electron chi connectivity index (χ4n) is 2.92. The average molecular weight is 393 g/mol. The number of rotatable bonds is 3. The number of benzene rings is 2. The van der Waals surface area contributed by atoms with Crippen molar-refractivity contribution in [2.45, 2.75) is 13.8 Å². The van der Waals surface area contributed by atoms with E-state index in [4.69, 9.17) is 0 Å². The number of phenols is 2. The van der Waals surface area contributed by atoms with Gasteiger partial charge in [0.15, 0.2) is 0 Å². The first-order valence-electron chi connectivity index (χ1n) is 9.04. The summed E-state index contributed by atoms with van der Waals surface area (Å²) in [5.74, 6) is 0.481. The van der Waals surface area contributed by atoms with Crippen molar-refractivity contribution >= 4 is 29.1 Å². The molecule has 2 aromatic rings. The second kappa shape index (κ2) is 8.47. The van der Waals surface area contributed by atoms with Gasteiger partial charge in [-0.25, -0.2) is 14.7 Å². The van der Waals surface area contributed by atoms with Crippen LogP contribution in [0.25, 0.3) is 0 Å². The number of carbonyl (C=O) groups is 1. The number of nitrogens with one attached hydrogen (secondary N) is 2. The molecule has 2 amide bonds. The number of phenolic OH excluding ortho intramolecular Hbond substituents is 2. The van der Waals surface area contributed by atoms with E-state index in [9.17, 15) is 15.0 Å². The molecule has 1 aliphatic rings. The number of nitrogens with zero attached hydrogens (tertiary/aromatic N) is 3. The molecule has 0 radical (unpaired) electrons. The molecular weight excluding hydrogens is 370 g/mol. The zero-order valence-electron chi connectivity index (χ0n) is 16.5. The van der Waals surface area contributed by atoms with Crippen molar-refractivity contribution in [3.05, 3.63) is 59.8 Å². The molecular formula is C21H23N5O3. The fraction of sp³-hybridized carbons (Fsp3) is 0.190. The Bertz CT molecular complexity index is 989. The van der Waals surface area contributed by atoms with E-state index >= 15 is 0 Å². The van der Waals surface area contributed by atoms with Crippen LogP contribution in [0.1, 0.15) is 12.5 Å². The molecule has 1 fully saturated rings. The van der Waals surface area contributed by atoms with E-state index in [1.165, 1.54) is 30.8 Å². The Kier molecular flexibility index (Phi) is 5.82. The largest absolute Gasteiger partial charge is 0.506 e. The van der Waals surface area contributed by atoms with Crippen LogP contribution in [0.5, 0.6) is 11.5 Å². The highest BCUT2D eigenvalue weighted by atomic mass is 16.3. The molecule has 0 saturated carbocycles. The summed E-state index contributed by atoms with van der Waals surface area (Å²) in [4.78, 5) is 22.2. The topological polar surface area (TPSA) is 110 Å². The predicted octanol–water partition coefficient (Wildman–Crippen LogP) is 3.38. The summed E-state index contributed by atoms with van der Waals surface area (Å²) in [6.45, 7) is 4.07. The first kappa shape index (κ1) is 19.9. The Hall–Kier alpha value is -3.81. The highest BCUT2D eigenvalue weighted by Gasteiger charge is 2.32. The number of anilines is 2. The summed E-state index contributed by atoms with van der Waals surface area (Å²) >= 11 is 0. The van der Waals surface area contributed by atoms with E-state index in [1.54, 1.807) is 6.20 Å². The van der Waals surface area contributed by atoms with Crippen LogP contribution in [0.2, 0.25) is 0 Å². The Morgan fingerprint density at radius 3 is 2.45 bits per heavy atom. The molecule has 29 heavy (non-hydrogen) atoms. The normalized spacial score (nSPS) is 17.6. The number of hydrogen-bond acceptors (Lipinski definition) is 5. The molecule has 4 N–H and O–H groups in total. The molecule has 0 atom stereocenters. The molecule has 0 unspecified atom stereocenters. The molecule has 0 bridgehead atoms. The van der Waals surface area contributed by atoms with Crippen molar-refractivity contribution in [1.29, 1.82) is 0 Å². The van der Waals surface area contributed by atoms with Gasteiger partial charge < -0.3 is 20.8 Å². The Balaban J connectivity index is 1.89. The van der Waals surface area contributed by atoms with Crippen molar-refractivity contribution in [1.82, 2.24) is 5.32 Å². The maximum atomic E-state index is 12.5. The lowest BCUT2D eigenvalue weighted by Gasteiger charge is -2.31. The lowest BCUT2D eigenvalue weighted by Crippen LogP contribution is -2.51. The Morgan fingerprint density at radius 2 is 1.83 bits per heavy atom. The number of hydrogen-bond donors (Lipinski definition) is 4. The second-order valence-corrected chi connectivity index (χ2v) is 6.55. The molecule has 8 heteroatoms. The van der Waals surface area contributed by atoms with Crippen LogP contribution in [-0.4, -0.2) is 41.5 Å². The third kappa shape index (κ3) is 4.37. The van der Waals surface area contributed by atoms with Gasteiger partial charge in [0.1, 0.15) is 28.9 Å². The summed E-state index contributed by atoms with van der Waals surface area (Å²) in [5.41, 5.74) is 2.67. The number of para-hydroxylation sites is 1. The average Bonchev–Trinajstić information content (AvgIpc) is 2.69. The molecule has 0 aromatic heterocycles. The van der Waals surface area contributed by atoms with Crippen molar-refractivity contribution in [2.24, 2.45) is 9.98 Å². The lowest BCUT2D eigenvalue weighted by molar-refractivity contribution is 0.248. The SMILES string of the molecule is CN=C1/C(=C/N=C(C)Nc2ccc(C)cc2)CNC(=O)N1c1c(O)cccc1O. The molecule has 2 aromatic carbocycles. The van der Waals surface area contributed by atoms with Crippen molar-refractivity contribution < 1.29 is 15.0 Å². The van der Waals surface area contributed by atoms with Crippen LogP contribution >= 0.6 is 0 Å². The standard InChI is InChI=1S/C21H23N5O3/c1-13-7-9-16(10-8-13)25-14(2)23-11-15-12-24-21(29)26(20(15)22-3)19-17(27)5-4-6-18(19)28/h4-11,27-28H,12H2,1-3H3,(H,23,25)(H,24,29)/b15-11+,22-20?. The Labute approximate surface area is 168 Å². The van der Waals surface area contributed by atoms with Gasteiger partial charge >= 0.3 is 6.03 Å². The molecule has 0 spiro atoms. The summed E-state index contributed by atoms with van der Waals surface area (Å²) in [7, 11) is 1.53. The predicted molar refractivity (Wildman–Crippen MR) is 115 cm³/mol. The smallest absolute Gasteiger partial charge is 0.328 e. The quantitative estimate of drug-likeness (QED) is 0.473. The molecule has 150 valence electrons. The maximum Gasteiger partial charge on any atom is 0.328 e. The maximum absolute atomic E-state index is 12.5. The summed E-state index contributed by atoms with van der Waals surface area (Å²) in [6, 6.07) is 11.7. The van der Waals surface area contributed by atoms with Crippen molar-refractivity contribution in [2.75, 3.05) is 23.8 Å². The van der Waals surface area contributed by atoms with Crippen molar-refractivity contribution in [3.8, 4) is 11.5 Å². The second-order valence-electron chi connectivity index (χ2n) is 6.55. The van der Waals surface area contributed by atoms with Gasteiger partial charge in [-0.3, -0.25) is 4.99 Å². The number of aromatic hydroxyl groups is 2. The molecule has 1 aliphatic heterocycles. The van der Waals surface area contributed by atoms with Crippen LogP contribution in [0, 0.1) is 6.92 Å². The molecule has 1 heterocycles. The lowest BCUT2D eigenvalue weighted by atomic mass is 10.1. The minimum absolute atomic E-state index is 0.0327. The third-order valence-corrected chi connectivity index (χ3v) is 4.35. The third-order valence-electron chi connectivity index (χ3n) is 4.35. The summed E-state index contributed by atoms with van der Waals surface area (Å²) in [5, 5.41) is 26.2. The highest BCUT2D eigenvalue weighted by molar-refractivity contribution is 6.26. The number of aryl methyl sites for hydroxylation is 1. The minimum atomic E-state index is -0.502. The first-order chi connectivity index (χ1) is 13.9. The van der Waals surface area contributed by atoms with Gasteiger partial charge in [-0.15, -0.1) is 0 Å². The molecule has 3 rings (SSSR count). The summed E-state index contributed by atoms with van der Waals surface area (Å²) < 4.78 is 0. The van der Waals surface area contributed by atoms with Gasteiger partial charge in [0.2, 0.25) is 0 Å². The van der Waals surface area contributed by atoms with Gasteiger partial charge in [0.05, 0.1) is 0 Å². The first-order valence-corrected chi connectivity index (χ1v) is 9.04. The zero-order valence-corrected chi connectivity index (χ0v) is 16.5. The fourth-order valence-corrected chi connectivity index (χ4v) is 2.92. The number of amidine groups is 2. The number of amides is 2. The van der Waals surface area contributed by atoms with E-state index in [1.807, 2.05) is 38.1 Å². The molecule has 0 aliphatic carbocycles. The van der Waals surface area contributed by atoms with E-state index < -0.39 is 6.03 Å². The summed E-state index contributed by atoms with van der Waals surface area (Å²) in [6.07, 6.45) is 1.60. The van der Waals surface area contributed by atoms with Gasteiger partial charge in [-0.1, -0.05) is 23.8 Å². The number of carbonyl (C=O) groups excluding carboxylic acids is 1. The van der Waals surface area contributed by atoms with Gasteiger partial charge in [0, 0.05) is 31.1 Å².